The molecule has 1 saturated heterocycles. The molecule has 2 N–H and O–H groups in total. The van der Waals surface area contributed by atoms with Gasteiger partial charge in [0.1, 0.15) is 5.82 Å². The molecule has 0 unspecified atom stereocenters. The lowest BCUT2D eigenvalue weighted by Crippen LogP contribution is -2.41. The Hall–Kier alpha value is -3.25. The van der Waals surface area contributed by atoms with Crippen LogP contribution in [0.2, 0.25) is 0 Å². The molecule has 160 valence electrons. The summed E-state index contributed by atoms with van der Waals surface area (Å²) in [7, 11) is 0. The molecule has 1 aliphatic heterocycles. The predicted octanol–water partition coefficient (Wildman–Crippen LogP) is 4.18. The van der Waals surface area contributed by atoms with Crippen molar-refractivity contribution in [1.82, 2.24) is 10.2 Å². The second kappa shape index (κ2) is 9.27. The SMILES string of the molecule is Cc1ccc(NC(=O)C(=O)NC[C@@H](c2cccc3ccccc23)N2CCCC2)cc1F. The van der Waals surface area contributed by atoms with Crippen molar-refractivity contribution in [2.75, 3.05) is 25.0 Å². The van der Waals surface area contributed by atoms with E-state index < -0.39 is 17.6 Å². The summed E-state index contributed by atoms with van der Waals surface area (Å²) in [4.78, 5) is 27.2. The van der Waals surface area contributed by atoms with Gasteiger partial charge in [0, 0.05) is 12.2 Å². The summed E-state index contributed by atoms with van der Waals surface area (Å²) in [6.45, 7) is 3.87. The van der Waals surface area contributed by atoms with E-state index in [2.05, 4.69) is 39.8 Å². The zero-order chi connectivity index (χ0) is 21.8. The first-order chi connectivity index (χ1) is 15.0. The van der Waals surface area contributed by atoms with Gasteiger partial charge in [0.05, 0.1) is 6.04 Å². The third-order valence-corrected chi connectivity index (χ3v) is 5.86. The lowest BCUT2D eigenvalue weighted by Gasteiger charge is -2.29. The minimum absolute atomic E-state index is 0.0258. The number of fused-ring (bicyclic) bond motifs is 1. The average molecular weight is 420 g/mol. The molecule has 5 nitrogen and oxygen atoms in total. The molecule has 2 amide bonds. The summed E-state index contributed by atoms with van der Waals surface area (Å²) >= 11 is 0. The van der Waals surface area contributed by atoms with Crippen LogP contribution in [0.25, 0.3) is 10.8 Å². The molecular weight excluding hydrogens is 393 g/mol. The highest BCUT2D eigenvalue weighted by Gasteiger charge is 2.26. The third-order valence-electron chi connectivity index (χ3n) is 5.86. The zero-order valence-corrected chi connectivity index (χ0v) is 17.5. The molecule has 0 aromatic heterocycles. The van der Waals surface area contributed by atoms with Crippen molar-refractivity contribution in [2.24, 2.45) is 0 Å². The standard InChI is InChI=1S/C25H26FN3O2/c1-17-11-12-19(15-22(17)26)28-25(31)24(30)27-16-23(29-13-4-5-14-29)21-10-6-8-18-7-2-3-9-20(18)21/h2-3,6-12,15,23H,4-5,13-14,16H2,1H3,(H,27,30)(H,28,31)/t23-/m0/s1. The molecule has 3 aromatic rings. The van der Waals surface area contributed by atoms with Gasteiger partial charge in [0.25, 0.3) is 0 Å². The largest absolute Gasteiger partial charge is 0.346 e. The van der Waals surface area contributed by atoms with Crippen LogP contribution in [-0.4, -0.2) is 36.3 Å². The predicted molar refractivity (Wildman–Crippen MR) is 120 cm³/mol. The molecule has 0 radical (unpaired) electrons. The van der Waals surface area contributed by atoms with Gasteiger partial charge in [0.2, 0.25) is 0 Å². The van der Waals surface area contributed by atoms with Crippen LogP contribution in [0.15, 0.2) is 60.7 Å². The molecule has 1 atom stereocenters. The minimum atomic E-state index is -0.804. The van der Waals surface area contributed by atoms with E-state index in [0.717, 1.165) is 42.3 Å². The van der Waals surface area contributed by atoms with E-state index >= 15 is 0 Å². The highest BCUT2D eigenvalue weighted by Crippen LogP contribution is 2.30. The normalized spacial score (nSPS) is 15.0. The molecule has 0 saturated carbocycles. The topological polar surface area (TPSA) is 61.4 Å². The van der Waals surface area contributed by atoms with Crippen molar-refractivity contribution in [2.45, 2.75) is 25.8 Å². The molecule has 31 heavy (non-hydrogen) atoms. The Labute approximate surface area is 181 Å². The van der Waals surface area contributed by atoms with Crippen LogP contribution < -0.4 is 10.6 Å². The molecule has 6 heteroatoms. The molecule has 1 aliphatic rings. The number of aryl methyl sites for hydroxylation is 1. The van der Waals surface area contributed by atoms with E-state index in [4.69, 9.17) is 0 Å². The Morgan fingerprint density at radius 3 is 2.52 bits per heavy atom. The summed E-state index contributed by atoms with van der Waals surface area (Å²) < 4.78 is 13.7. The van der Waals surface area contributed by atoms with Crippen LogP contribution in [0.4, 0.5) is 10.1 Å². The number of hydrogen-bond acceptors (Lipinski definition) is 3. The molecule has 3 aromatic carbocycles. The first-order valence-electron chi connectivity index (χ1n) is 10.6. The molecule has 4 rings (SSSR count). The number of anilines is 1. The Bertz CT molecular complexity index is 1100. The van der Waals surface area contributed by atoms with Crippen LogP contribution in [0, 0.1) is 12.7 Å². The van der Waals surface area contributed by atoms with Gasteiger partial charge in [-0.05, 0) is 66.9 Å². The van der Waals surface area contributed by atoms with E-state index in [-0.39, 0.29) is 11.7 Å². The molecule has 1 heterocycles. The first-order valence-corrected chi connectivity index (χ1v) is 10.6. The highest BCUT2D eigenvalue weighted by atomic mass is 19.1. The maximum atomic E-state index is 13.7. The van der Waals surface area contributed by atoms with Crippen molar-refractivity contribution in [3.05, 3.63) is 77.6 Å². The number of halogens is 1. The maximum Gasteiger partial charge on any atom is 0.313 e. The van der Waals surface area contributed by atoms with E-state index in [9.17, 15) is 14.0 Å². The minimum Gasteiger partial charge on any atom is -0.346 e. The van der Waals surface area contributed by atoms with Crippen molar-refractivity contribution >= 4 is 28.3 Å². The van der Waals surface area contributed by atoms with Gasteiger partial charge < -0.3 is 10.6 Å². The van der Waals surface area contributed by atoms with Crippen LogP contribution in [0.3, 0.4) is 0 Å². The van der Waals surface area contributed by atoms with Gasteiger partial charge in [-0.3, -0.25) is 14.5 Å². The summed E-state index contributed by atoms with van der Waals surface area (Å²) in [6, 6.07) is 18.7. The molecule has 0 spiro atoms. The molecular formula is C25H26FN3O2. The number of likely N-dealkylation sites (tertiary alicyclic amines) is 1. The number of carbonyl (C=O) groups is 2. The number of nitrogens with one attached hydrogen (secondary N) is 2. The number of carbonyl (C=O) groups excluding carboxylic acids is 2. The lowest BCUT2D eigenvalue weighted by molar-refractivity contribution is -0.136. The Kier molecular flexibility index (Phi) is 6.28. The summed E-state index contributed by atoms with van der Waals surface area (Å²) in [5.41, 5.74) is 1.88. The van der Waals surface area contributed by atoms with Crippen LogP contribution in [0.1, 0.15) is 30.0 Å². The second-order valence-electron chi connectivity index (χ2n) is 7.96. The molecule has 0 aliphatic carbocycles. The molecule has 1 fully saturated rings. The van der Waals surface area contributed by atoms with Crippen molar-refractivity contribution in [3.8, 4) is 0 Å². The van der Waals surface area contributed by atoms with E-state index in [0.29, 0.717) is 12.1 Å². The smallest absolute Gasteiger partial charge is 0.313 e. The van der Waals surface area contributed by atoms with Crippen molar-refractivity contribution in [3.63, 3.8) is 0 Å². The third kappa shape index (κ3) is 4.75. The summed E-state index contributed by atoms with van der Waals surface area (Å²) in [5, 5.41) is 7.55. The fourth-order valence-corrected chi connectivity index (χ4v) is 4.16. The van der Waals surface area contributed by atoms with Gasteiger partial charge in [-0.15, -0.1) is 0 Å². The highest BCUT2D eigenvalue weighted by molar-refractivity contribution is 6.39. The van der Waals surface area contributed by atoms with Gasteiger partial charge in [0.15, 0.2) is 0 Å². The lowest BCUT2D eigenvalue weighted by atomic mass is 9.97. The maximum absolute atomic E-state index is 13.7. The fourth-order valence-electron chi connectivity index (χ4n) is 4.16. The number of amides is 2. The number of benzene rings is 3. The quantitative estimate of drug-likeness (QED) is 0.610. The summed E-state index contributed by atoms with van der Waals surface area (Å²) in [5.74, 6) is -1.96. The van der Waals surface area contributed by atoms with E-state index in [1.165, 1.54) is 6.07 Å². The zero-order valence-electron chi connectivity index (χ0n) is 17.5. The Balaban J connectivity index is 1.49. The van der Waals surface area contributed by atoms with Crippen molar-refractivity contribution < 1.29 is 14.0 Å². The number of nitrogens with zero attached hydrogens (tertiary/aromatic N) is 1. The van der Waals surface area contributed by atoms with Crippen LogP contribution >= 0.6 is 0 Å². The first kappa shape index (κ1) is 21.0. The molecule has 0 bridgehead atoms. The van der Waals surface area contributed by atoms with Gasteiger partial charge in [-0.1, -0.05) is 48.5 Å². The van der Waals surface area contributed by atoms with Crippen molar-refractivity contribution in [1.29, 1.82) is 0 Å². The van der Waals surface area contributed by atoms with Gasteiger partial charge in [-0.2, -0.15) is 0 Å². The van der Waals surface area contributed by atoms with Crippen LogP contribution in [0.5, 0.6) is 0 Å². The monoisotopic (exact) mass is 419 g/mol. The Morgan fingerprint density at radius 2 is 1.74 bits per heavy atom. The number of rotatable bonds is 5. The van der Waals surface area contributed by atoms with Gasteiger partial charge >= 0.3 is 11.8 Å². The fraction of sp³-hybridized carbons (Fsp3) is 0.280. The average Bonchev–Trinajstić information content (AvgIpc) is 3.31. The Morgan fingerprint density at radius 1 is 1.00 bits per heavy atom. The second-order valence-corrected chi connectivity index (χ2v) is 7.96. The van der Waals surface area contributed by atoms with E-state index in [1.54, 1.807) is 19.1 Å². The summed E-state index contributed by atoms with van der Waals surface area (Å²) in [6.07, 6.45) is 2.24. The van der Waals surface area contributed by atoms with Gasteiger partial charge in [-0.25, -0.2) is 4.39 Å². The van der Waals surface area contributed by atoms with E-state index in [1.807, 2.05) is 18.2 Å². The number of hydrogen-bond donors (Lipinski definition) is 2. The van der Waals surface area contributed by atoms with Crippen LogP contribution in [-0.2, 0) is 9.59 Å².